The molecule has 1 fully saturated rings. The second-order valence-corrected chi connectivity index (χ2v) is 6.64. The van der Waals surface area contributed by atoms with Gasteiger partial charge in [0.25, 0.3) is 5.91 Å². The molecule has 1 aromatic carbocycles. The number of fused-ring (bicyclic) bond motifs is 1. The maximum absolute atomic E-state index is 12.4. The number of aliphatic carboxylic acids is 1. The molecule has 8 heteroatoms. The molecule has 1 aromatic rings. The van der Waals surface area contributed by atoms with Gasteiger partial charge in [0.1, 0.15) is 23.6 Å². The molecule has 1 atom stereocenters. The summed E-state index contributed by atoms with van der Waals surface area (Å²) in [5.74, 6) is -0.202. The Morgan fingerprint density at radius 3 is 2.78 bits per heavy atom. The SMILES string of the molecule is C[C@@H](C(=O)O)N1C(=O)/C(=C/c2ccc3c(c2)OCCO3)SC1=S. The molecule has 1 N–H and O–H groups in total. The predicted octanol–water partition coefficient (Wildman–Crippen LogP) is 2.13. The van der Waals surface area contributed by atoms with Gasteiger partial charge in [0.15, 0.2) is 11.5 Å². The van der Waals surface area contributed by atoms with Crippen LogP contribution in [0, 0.1) is 0 Å². The van der Waals surface area contributed by atoms with Crippen molar-refractivity contribution >= 4 is 46.3 Å². The molecular formula is C15H13NO5S2. The summed E-state index contributed by atoms with van der Waals surface area (Å²) in [5, 5.41) is 9.07. The molecular weight excluding hydrogens is 338 g/mol. The fourth-order valence-corrected chi connectivity index (χ4v) is 3.64. The first-order chi connectivity index (χ1) is 11.0. The number of rotatable bonds is 3. The van der Waals surface area contributed by atoms with Crippen LogP contribution in [0.3, 0.4) is 0 Å². The number of carbonyl (C=O) groups is 2. The van der Waals surface area contributed by atoms with Gasteiger partial charge in [-0.1, -0.05) is 30.0 Å². The Bertz CT molecular complexity index is 731. The van der Waals surface area contributed by atoms with E-state index in [-0.39, 0.29) is 4.32 Å². The van der Waals surface area contributed by atoms with Crippen molar-refractivity contribution in [1.82, 2.24) is 4.90 Å². The Kier molecular flexibility index (Phi) is 4.27. The summed E-state index contributed by atoms with van der Waals surface area (Å²) in [7, 11) is 0. The Labute approximate surface area is 142 Å². The molecule has 2 aliphatic rings. The third kappa shape index (κ3) is 3.04. The molecule has 0 saturated carbocycles. The lowest BCUT2D eigenvalue weighted by Crippen LogP contribution is -2.41. The second kappa shape index (κ2) is 6.21. The number of carboxylic acid groups (broad SMARTS) is 1. The van der Waals surface area contributed by atoms with E-state index in [1.807, 2.05) is 0 Å². The van der Waals surface area contributed by atoms with Crippen LogP contribution in [0.1, 0.15) is 12.5 Å². The largest absolute Gasteiger partial charge is 0.486 e. The van der Waals surface area contributed by atoms with Crippen molar-refractivity contribution in [3.05, 3.63) is 28.7 Å². The number of nitrogens with zero attached hydrogens (tertiary/aromatic N) is 1. The van der Waals surface area contributed by atoms with Crippen LogP contribution in [0.4, 0.5) is 0 Å². The van der Waals surface area contributed by atoms with Gasteiger partial charge < -0.3 is 14.6 Å². The van der Waals surface area contributed by atoms with Crippen LogP contribution in [0.25, 0.3) is 6.08 Å². The first-order valence-electron chi connectivity index (χ1n) is 6.87. The zero-order chi connectivity index (χ0) is 16.6. The number of thiocarbonyl (C=S) groups is 1. The summed E-state index contributed by atoms with van der Waals surface area (Å²) in [6.45, 7) is 2.42. The van der Waals surface area contributed by atoms with E-state index in [0.717, 1.165) is 22.2 Å². The van der Waals surface area contributed by atoms with Crippen LogP contribution in [0.2, 0.25) is 0 Å². The standard InChI is InChI=1S/C15H13NO5S2/c1-8(14(18)19)16-13(17)12(23-15(16)22)7-9-2-3-10-11(6-9)21-5-4-20-10/h2-3,6-8H,4-5H2,1H3,(H,18,19)/b12-7-/t8-/m0/s1. The van der Waals surface area contributed by atoms with Crippen LogP contribution in [-0.2, 0) is 9.59 Å². The Morgan fingerprint density at radius 1 is 1.39 bits per heavy atom. The van der Waals surface area contributed by atoms with Crippen LogP contribution < -0.4 is 9.47 Å². The second-order valence-electron chi connectivity index (χ2n) is 4.97. The molecule has 6 nitrogen and oxygen atoms in total. The van der Waals surface area contributed by atoms with Gasteiger partial charge in [-0.3, -0.25) is 9.69 Å². The van der Waals surface area contributed by atoms with Crippen molar-refractivity contribution in [3.8, 4) is 11.5 Å². The lowest BCUT2D eigenvalue weighted by molar-refractivity contribution is -0.144. The molecule has 0 unspecified atom stereocenters. The molecule has 0 radical (unpaired) electrons. The van der Waals surface area contributed by atoms with Gasteiger partial charge in [-0.25, -0.2) is 4.79 Å². The molecule has 2 heterocycles. The molecule has 0 spiro atoms. The predicted molar refractivity (Wildman–Crippen MR) is 89.5 cm³/mol. The van der Waals surface area contributed by atoms with E-state index in [0.29, 0.717) is 29.6 Å². The van der Waals surface area contributed by atoms with Gasteiger partial charge in [-0.05, 0) is 30.7 Å². The highest BCUT2D eigenvalue weighted by Gasteiger charge is 2.38. The third-order valence-electron chi connectivity index (χ3n) is 3.43. The number of ether oxygens (including phenoxy) is 2. The molecule has 0 bridgehead atoms. The molecule has 1 saturated heterocycles. The van der Waals surface area contributed by atoms with E-state index < -0.39 is 17.9 Å². The van der Waals surface area contributed by atoms with Crippen LogP contribution in [0.5, 0.6) is 11.5 Å². The molecule has 0 aliphatic carbocycles. The Morgan fingerprint density at radius 2 is 2.09 bits per heavy atom. The summed E-state index contributed by atoms with van der Waals surface area (Å²) in [6.07, 6.45) is 1.67. The molecule has 0 aromatic heterocycles. The molecule has 23 heavy (non-hydrogen) atoms. The summed E-state index contributed by atoms with van der Waals surface area (Å²) in [4.78, 5) is 25.0. The minimum atomic E-state index is -1.10. The Balaban J connectivity index is 1.87. The monoisotopic (exact) mass is 351 g/mol. The van der Waals surface area contributed by atoms with Gasteiger partial charge in [0, 0.05) is 0 Å². The maximum atomic E-state index is 12.4. The van der Waals surface area contributed by atoms with Crippen LogP contribution in [-0.4, -0.2) is 45.5 Å². The minimum absolute atomic E-state index is 0.244. The average Bonchev–Trinajstić information content (AvgIpc) is 2.80. The van der Waals surface area contributed by atoms with E-state index >= 15 is 0 Å². The van der Waals surface area contributed by atoms with E-state index in [9.17, 15) is 9.59 Å². The van der Waals surface area contributed by atoms with Crippen molar-refractivity contribution in [2.45, 2.75) is 13.0 Å². The molecule has 3 rings (SSSR count). The summed E-state index contributed by atoms with van der Waals surface area (Å²) < 4.78 is 11.2. The van der Waals surface area contributed by atoms with Gasteiger partial charge in [0.05, 0.1) is 4.91 Å². The van der Waals surface area contributed by atoms with Crippen LogP contribution in [0.15, 0.2) is 23.1 Å². The van der Waals surface area contributed by atoms with E-state index in [2.05, 4.69) is 0 Å². The number of thioether (sulfide) groups is 1. The molecule has 120 valence electrons. The fourth-order valence-electron chi connectivity index (χ4n) is 2.23. The lowest BCUT2D eigenvalue weighted by Gasteiger charge is -2.19. The lowest BCUT2D eigenvalue weighted by atomic mass is 10.1. The van der Waals surface area contributed by atoms with Gasteiger partial charge in [-0.15, -0.1) is 0 Å². The van der Waals surface area contributed by atoms with E-state index in [1.165, 1.54) is 6.92 Å². The minimum Gasteiger partial charge on any atom is -0.486 e. The molecule has 1 amide bonds. The number of carboxylic acids is 1. The van der Waals surface area contributed by atoms with Gasteiger partial charge >= 0.3 is 5.97 Å². The zero-order valence-corrected chi connectivity index (χ0v) is 13.8. The van der Waals surface area contributed by atoms with E-state index in [1.54, 1.807) is 24.3 Å². The summed E-state index contributed by atoms with van der Waals surface area (Å²) >= 11 is 6.22. The average molecular weight is 351 g/mol. The van der Waals surface area contributed by atoms with Crippen LogP contribution >= 0.6 is 24.0 Å². The zero-order valence-electron chi connectivity index (χ0n) is 12.1. The normalized spacial score (nSPS) is 20.0. The highest BCUT2D eigenvalue weighted by Crippen LogP contribution is 2.36. The van der Waals surface area contributed by atoms with Gasteiger partial charge in [0.2, 0.25) is 0 Å². The Hall–Kier alpha value is -2.06. The van der Waals surface area contributed by atoms with Crippen molar-refractivity contribution in [1.29, 1.82) is 0 Å². The number of hydrogen-bond donors (Lipinski definition) is 1. The van der Waals surface area contributed by atoms with Crippen molar-refractivity contribution < 1.29 is 24.2 Å². The number of amides is 1. The first kappa shape index (κ1) is 15.8. The van der Waals surface area contributed by atoms with Crippen molar-refractivity contribution in [2.75, 3.05) is 13.2 Å². The smallest absolute Gasteiger partial charge is 0.326 e. The van der Waals surface area contributed by atoms with Crippen molar-refractivity contribution in [2.24, 2.45) is 0 Å². The third-order valence-corrected chi connectivity index (χ3v) is 4.76. The number of benzene rings is 1. The maximum Gasteiger partial charge on any atom is 0.326 e. The molecule has 2 aliphatic heterocycles. The topological polar surface area (TPSA) is 76.1 Å². The van der Waals surface area contributed by atoms with Crippen molar-refractivity contribution in [3.63, 3.8) is 0 Å². The first-order valence-corrected chi connectivity index (χ1v) is 8.09. The number of hydrogen-bond acceptors (Lipinski definition) is 6. The summed E-state index contributed by atoms with van der Waals surface area (Å²) in [5.41, 5.74) is 0.762. The number of carbonyl (C=O) groups excluding carboxylic acids is 1. The highest BCUT2D eigenvalue weighted by atomic mass is 32.2. The quantitative estimate of drug-likeness (QED) is 0.660. The summed E-state index contributed by atoms with van der Waals surface area (Å²) in [6, 6.07) is 4.37. The van der Waals surface area contributed by atoms with Gasteiger partial charge in [-0.2, -0.15) is 0 Å². The highest BCUT2D eigenvalue weighted by molar-refractivity contribution is 8.26. The fraction of sp³-hybridized carbons (Fsp3) is 0.267. The van der Waals surface area contributed by atoms with E-state index in [4.69, 9.17) is 26.8 Å².